The van der Waals surface area contributed by atoms with E-state index in [1.807, 2.05) is 118 Å². The van der Waals surface area contributed by atoms with Gasteiger partial charge < -0.3 is 29.7 Å². The van der Waals surface area contributed by atoms with Crippen molar-refractivity contribution in [3.8, 4) is 0 Å². The minimum atomic E-state index is -4.67. The van der Waals surface area contributed by atoms with Crippen LogP contribution in [0.25, 0.3) is 45.9 Å². The van der Waals surface area contributed by atoms with E-state index in [2.05, 4.69) is 213 Å². The second kappa shape index (κ2) is 38.9. The summed E-state index contributed by atoms with van der Waals surface area (Å²) in [4.78, 5) is 43.2. The molecule has 0 amide bonds. The van der Waals surface area contributed by atoms with Gasteiger partial charge >= 0.3 is 29.3 Å². The maximum atomic E-state index is 11.8. The Labute approximate surface area is 622 Å². The average Bonchev–Trinajstić information content (AvgIpc) is 1.65. The Kier molecular flexibility index (Phi) is 31.9. The first-order valence-electron chi connectivity index (χ1n) is 32.8. The summed E-state index contributed by atoms with van der Waals surface area (Å²) in [6.45, 7) is 22.3. The van der Waals surface area contributed by atoms with Gasteiger partial charge in [0.1, 0.15) is 5.60 Å². The summed E-state index contributed by atoms with van der Waals surface area (Å²) in [5, 5.41) is 16.4. The van der Waals surface area contributed by atoms with E-state index in [4.69, 9.17) is 17.5 Å². The number of Topliss-reactive ketones (excluding diaryl/α,β-unsaturated/α-hetero) is 1. The number of aryl methyl sites for hydroxylation is 4. The molecule has 4 aromatic carbocycles. The van der Waals surface area contributed by atoms with E-state index in [9.17, 15) is 9.90 Å². The molecule has 12 rings (SSSR count). The number of ketones is 1. The number of aliphatic hydroxyl groups is 1. The van der Waals surface area contributed by atoms with Crippen LogP contribution in [0.15, 0.2) is 177 Å². The smallest absolute Gasteiger partial charge is 0.381 e. The number of pyridine rings is 4. The topological polar surface area (TPSA) is 176 Å². The molecule has 12 aromatic rings. The second-order valence-electron chi connectivity index (χ2n) is 25.6. The standard InChI is InChI=1S/C20H24N2OS.C20H24N2S.C20H22N2S.C14H17NOS.C6H6N.Li.H2O4S.H2/c1-14-9-10-15(13-21-14)20(2,23)19-16-7-5-6-8-17(16)24-18(19)11-12-22(3)4;2*1-14-9-10-16(13-21-14)15(2)20-17-7-5-6-8-18(17)23-19(20)11-12-22(3)4;1-10(16)14-11-6-4-5-7-12(11)17-13(14)8-9-15(2)3;1-6-4-2-3-5-7-6;;1-5(2,3)4;/h5-10,13,23H,11-12H2,1-4H3;5-10,13,15H,11-12H2,1-4H3;5-10,13H,2,11-12H2,1,3-4H3;4-7H,8-9H2,1-3H3;2,4-5H,1H3;;(H2,1,2,3,4);1H/q;;;;-1;+1;;. The molecule has 20 heteroatoms. The molecule has 2 atom stereocenters. The van der Waals surface area contributed by atoms with Crippen LogP contribution in [-0.2, 0) is 41.7 Å². The van der Waals surface area contributed by atoms with E-state index in [0.717, 1.165) is 113 Å². The van der Waals surface area contributed by atoms with Gasteiger partial charge in [0.05, 0.1) is 0 Å². The molecule has 524 valence electrons. The van der Waals surface area contributed by atoms with Crippen LogP contribution in [0.4, 0.5) is 0 Å². The predicted octanol–water partition coefficient (Wildman–Crippen LogP) is 14.6. The Morgan fingerprint density at radius 3 is 1.35 bits per heavy atom. The zero-order valence-corrected chi connectivity index (χ0v) is 64.9. The molecule has 100 heavy (non-hydrogen) atoms. The van der Waals surface area contributed by atoms with Gasteiger partial charge in [-0.05, 0) is 199 Å². The van der Waals surface area contributed by atoms with E-state index in [0.29, 0.717) is 5.92 Å². The monoisotopic (exact) mass is 1430 g/mol. The van der Waals surface area contributed by atoms with E-state index in [1.165, 1.54) is 65.8 Å². The van der Waals surface area contributed by atoms with Crippen LogP contribution in [0, 0.1) is 33.8 Å². The quantitative estimate of drug-likeness (QED) is 0.0302. The fourth-order valence-electron chi connectivity index (χ4n) is 11.1. The Balaban J connectivity index is 0.000000229. The zero-order chi connectivity index (χ0) is 72.1. The molecule has 0 radical (unpaired) electrons. The molecular weight excluding hydrogens is 1340 g/mol. The average molecular weight is 1430 g/mol. The van der Waals surface area contributed by atoms with Crippen LogP contribution in [-0.4, -0.2) is 151 Å². The van der Waals surface area contributed by atoms with Gasteiger partial charge in [-0.1, -0.05) is 111 Å². The van der Waals surface area contributed by atoms with Crippen molar-refractivity contribution < 1.29 is 47.7 Å². The van der Waals surface area contributed by atoms with Crippen LogP contribution in [0.5, 0.6) is 0 Å². The predicted molar refractivity (Wildman–Crippen MR) is 422 cm³/mol. The molecule has 0 spiro atoms. The summed E-state index contributed by atoms with van der Waals surface area (Å²) >= 11 is 7.36. The molecule has 0 fully saturated rings. The number of carbonyl (C=O) groups excluding carboxylic acids is 1. The summed E-state index contributed by atoms with van der Waals surface area (Å²) in [6.07, 6.45) is 11.4. The second-order valence-corrected chi connectivity index (χ2v) is 31.1. The number of hydrogen-bond acceptors (Lipinski definition) is 16. The number of benzene rings is 4. The fraction of sp³-hybridized carbons (Fsp3) is 0.312. The van der Waals surface area contributed by atoms with Gasteiger partial charge in [0, 0.05) is 146 Å². The van der Waals surface area contributed by atoms with Gasteiger partial charge in [0.15, 0.2) is 5.78 Å². The van der Waals surface area contributed by atoms with Crippen molar-refractivity contribution in [3.05, 3.63) is 264 Å². The first-order valence-corrected chi connectivity index (χ1v) is 37.5. The van der Waals surface area contributed by atoms with Crippen molar-refractivity contribution in [1.29, 1.82) is 0 Å². The molecule has 8 aromatic heterocycles. The summed E-state index contributed by atoms with van der Waals surface area (Å²) in [5.41, 5.74) is 12.1. The third kappa shape index (κ3) is 24.1. The number of fused-ring (bicyclic) bond motifs is 4. The first kappa shape index (κ1) is 82.0. The number of hydrogen-bond donors (Lipinski definition) is 3. The number of nitrogens with zero attached hydrogens (tertiary/aromatic N) is 8. The van der Waals surface area contributed by atoms with Gasteiger partial charge in [0.25, 0.3) is 0 Å². The van der Waals surface area contributed by atoms with E-state index >= 15 is 0 Å². The van der Waals surface area contributed by atoms with Gasteiger partial charge in [-0.2, -0.15) is 14.5 Å². The molecule has 0 bridgehead atoms. The minimum Gasteiger partial charge on any atom is -0.381 e. The third-order valence-electron chi connectivity index (χ3n) is 16.4. The summed E-state index contributed by atoms with van der Waals surface area (Å²) < 4.78 is 36.7. The number of aromatic nitrogens is 4. The maximum absolute atomic E-state index is 11.8. The van der Waals surface area contributed by atoms with Crippen LogP contribution in [0.3, 0.4) is 0 Å². The molecule has 0 aliphatic rings. The third-order valence-corrected chi connectivity index (χ3v) is 21.3. The largest absolute Gasteiger partial charge is 1.00 e. The normalized spacial score (nSPS) is 12.1. The molecule has 14 nitrogen and oxygen atoms in total. The molecule has 0 aliphatic carbocycles. The molecule has 3 N–H and O–H groups in total. The van der Waals surface area contributed by atoms with Crippen molar-refractivity contribution in [3.63, 3.8) is 0 Å². The van der Waals surface area contributed by atoms with Crippen molar-refractivity contribution in [1.82, 2.24) is 39.5 Å². The molecule has 0 saturated heterocycles. The summed E-state index contributed by atoms with van der Waals surface area (Å²) in [6, 6.07) is 52.9. The number of thiophene rings is 4. The van der Waals surface area contributed by atoms with Crippen LogP contribution in [0.1, 0.15) is 114 Å². The summed E-state index contributed by atoms with van der Waals surface area (Å²) in [7, 11) is 12.1. The van der Waals surface area contributed by atoms with Gasteiger partial charge in [-0.3, -0.25) is 28.9 Å². The zero-order valence-electron chi connectivity index (χ0n) is 60.8. The Bertz CT molecular complexity index is 4660. The minimum absolute atomic E-state index is 0. The fourth-order valence-corrected chi connectivity index (χ4v) is 16.2. The molecule has 0 aliphatic heterocycles. The first-order chi connectivity index (χ1) is 47.0. The van der Waals surface area contributed by atoms with Crippen molar-refractivity contribution in [2.24, 2.45) is 0 Å². The SMILES string of the molecule is C=C(c1ccc(C)nc1)c1c(CCN(C)C)sc2ccccc12.CC(=O)c1c(CCN(C)C)sc2ccccc12.Cc1cc[c-]cn1.Cc1ccc(C(C)(O)c2c(CCN(C)C)sc3ccccc23)cn1.Cc1ccc(C(C)c2c(CCN(C)C)sc3ccccc23)cn1.O=S(=O)(O)O.[HH].[Li+]. The molecular formula is C80H97LiN8O6S5. The van der Waals surface area contributed by atoms with Gasteiger partial charge in [-0.25, -0.2) is 12.1 Å². The van der Waals surface area contributed by atoms with E-state index < -0.39 is 16.0 Å². The number of carbonyl (C=O) groups is 1. The Morgan fingerprint density at radius 1 is 0.530 bits per heavy atom. The van der Waals surface area contributed by atoms with Crippen LogP contribution >= 0.6 is 45.3 Å². The maximum Gasteiger partial charge on any atom is 1.00 e. The number of rotatable bonds is 19. The van der Waals surface area contributed by atoms with Crippen LogP contribution < -0.4 is 18.9 Å². The van der Waals surface area contributed by atoms with Gasteiger partial charge in [-0.15, -0.1) is 45.3 Å². The van der Waals surface area contributed by atoms with E-state index in [1.54, 1.807) is 42.0 Å². The molecule has 8 heterocycles. The molecule has 2 unspecified atom stereocenters. The molecule has 0 saturated carbocycles. The summed E-state index contributed by atoms with van der Waals surface area (Å²) in [5.74, 6) is 0.549. The van der Waals surface area contributed by atoms with Crippen molar-refractivity contribution in [2.75, 3.05) is 82.6 Å². The Morgan fingerprint density at radius 2 is 0.920 bits per heavy atom. The van der Waals surface area contributed by atoms with Crippen molar-refractivity contribution >= 4 is 107 Å². The Hall–Kier alpha value is -7.00. The van der Waals surface area contributed by atoms with Crippen LogP contribution in [0.2, 0.25) is 0 Å². The number of likely N-dealkylation sites (N-methyl/N-ethyl adjacent to an activating group) is 4. The van der Waals surface area contributed by atoms with Crippen molar-refractivity contribution in [2.45, 2.75) is 85.7 Å². The van der Waals surface area contributed by atoms with E-state index in [-0.39, 0.29) is 26.1 Å². The van der Waals surface area contributed by atoms with Gasteiger partial charge in [0.2, 0.25) is 0 Å².